The van der Waals surface area contributed by atoms with Crippen LogP contribution in [0.5, 0.6) is 0 Å². The highest BCUT2D eigenvalue weighted by molar-refractivity contribution is 5.88. The van der Waals surface area contributed by atoms with E-state index in [9.17, 15) is 14.7 Å². The monoisotopic (exact) mass is 346 g/mol. The number of nitrogens with one attached hydrogen (secondary N) is 1. The lowest BCUT2D eigenvalue weighted by Crippen LogP contribution is -2.56. The molecule has 1 saturated carbocycles. The number of amides is 1. The van der Waals surface area contributed by atoms with Gasteiger partial charge < -0.3 is 19.3 Å². The first kappa shape index (κ1) is 17.3. The maximum Gasteiger partial charge on any atom is 0.329 e. The number of aryl methyl sites for hydroxylation is 1. The van der Waals surface area contributed by atoms with E-state index < -0.39 is 11.5 Å². The number of carboxylic acids is 1. The minimum Gasteiger partial charge on any atom is -0.480 e. The van der Waals surface area contributed by atoms with E-state index in [4.69, 9.17) is 8.83 Å². The second-order valence-electron chi connectivity index (χ2n) is 6.79. The molecule has 2 N–H and O–H groups in total. The molecule has 7 nitrogen and oxygen atoms in total. The molecular weight excluding hydrogens is 324 g/mol. The van der Waals surface area contributed by atoms with Gasteiger partial charge in [0.1, 0.15) is 11.3 Å². The third-order valence-corrected chi connectivity index (χ3v) is 4.87. The Balaban J connectivity index is 1.71. The van der Waals surface area contributed by atoms with Crippen molar-refractivity contribution in [3.8, 4) is 11.7 Å². The van der Waals surface area contributed by atoms with Crippen LogP contribution in [0.1, 0.15) is 44.1 Å². The van der Waals surface area contributed by atoms with E-state index in [1.807, 2.05) is 0 Å². The van der Waals surface area contributed by atoms with Crippen LogP contribution in [0, 0.1) is 12.8 Å². The Labute approximate surface area is 145 Å². The van der Waals surface area contributed by atoms with Gasteiger partial charge in [-0.05, 0) is 50.7 Å². The van der Waals surface area contributed by atoms with Crippen LogP contribution in [0.25, 0.3) is 11.7 Å². The average molecular weight is 346 g/mol. The van der Waals surface area contributed by atoms with Gasteiger partial charge in [-0.25, -0.2) is 9.78 Å². The Bertz CT molecular complexity index is 755. The maximum absolute atomic E-state index is 12.4. The number of carbonyl (C=O) groups is 2. The summed E-state index contributed by atoms with van der Waals surface area (Å²) >= 11 is 0. The molecule has 1 fully saturated rings. The fraction of sp³-hybridized carbons (Fsp3) is 0.500. The fourth-order valence-corrected chi connectivity index (χ4v) is 3.21. The van der Waals surface area contributed by atoms with E-state index in [1.54, 1.807) is 19.1 Å². The number of nitrogens with zero attached hydrogens (tertiary/aromatic N) is 1. The summed E-state index contributed by atoms with van der Waals surface area (Å²) in [6.45, 7) is 3.82. The molecule has 0 radical (unpaired) electrons. The van der Waals surface area contributed by atoms with Crippen LogP contribution in [0.4, 0.5) is 0 Å². The zero-order valence-corrected chi connectivity index (χ0v) is 14.4. The summed E-state index contributed by atoms with van der Waals surface area (Å²) in [5.74, 6) is 0.462. The molecule has 0 aromatic carbocycles. The van der Waals surface area contributed by atoms with Gasteiger partial charge >= 0.3 is 5.97 Å². The first-order valence-corrected chi connectivity index (χ1v) is 8.44. The van der Waals surface area contributed by atoms with Crippen molar-refractivity contribution in [2.75, 3.05) is 0 Å². The first-order valence-electron chi connectivity index (χ1n) is 8.44. The Kier molecular flexibility index (Phi) is 4.65. The lowest BCUT2D eigenvalue weighted by atomic mass is 9.77. The van der Waals surface area contributed by atoms with Crippen LogP contribution in [0.15, 0.2) is 27.2 Å². The summed E-state index contributed by atoms with van der Waals surface area (Å²) in [6, 6.07) is 3.44. The van der Waals surface area contributed by atoms with E-state index >= 15 is 0 Å². The van der Waals surface area contributed by atoms with Crippen molar-refractivity contribution in [1.29, 1.82) is 0 Å². The number of hydrogen-bond acceptors (Lipinski definition) is 5. The molecule has 0 saturated heterocycles. The second-order valence-corrected chi connectivity index (χ2v) is 6.79. The zero-order valence-electron chi connectivity index (χ0n) is 14.4. The standard InChI is InChI=1S/C18H22N2O5/c1-11-5-7-18(8-6-11,17(22)23)20-15(21)10-13-12(2)25-16(19-13)14-4-3-9-24-14/h3-4,9,11H,5-8,10H2,1-2H3,(H,20,21)(H,22,23). The van der Waals surface area contributed by atoms with Crippen molar-refractivity contribution < 1.29 is 23.5 Å². The van der Waals surface area contributed by atoms with Crippen LogP contribution < -0.4 is 5.32 Å². The van der Waals surface area contributed by atoms with Crippen LogP contribution in [0.2, 0.25) is 0 Å². The van der Waals surface area contributed by atoms with Gasteiger partial charge in [0.2, 0.25) is 5.91 Å². The number of aliphatic carboxylic acids is 1. The van der Waals surface area contributed by atoms with E-state index in [0.29, 0.717) is 41.9 Å². The minimum atomic E-state index is -1.18. The first-order chi connectivity index (χ1) is 11.9. The molecule has 7 heteroatoms. The fourth-order valence-electron chi connectivity index (χ4n) is 3.21. The van der Waals surface area contributed by atoms with Crippen LogP contribution in [0.3, 0.4) is 0 Å². The van der Waals surface area contributed by atoms with Crippen molar-refractivity contribution >= 4 is 11.9 Å². The number of oxazole rings is 1. The maximum atomic E-state index is 12.4. The van der Waals surface area contributed by atoms with Crippen molar-refractivity contribution in [1.82, 2.24) is 10.3 Å². The smallest absolute Gasteiger partial charge is 0.329 e. The molecule has 0 unspecified atom stereocenters. The normalized spacial score (nSPS) is 23.4. The topological polar surface area (TPSA) is 106 Å². The number of hydrogen-bond donors (Lipinski definition) is 2. The predicted molar refractivity (Wildman–Crippen MR) is 88.8 cm³/mol. The number of carboxylic acid groups (broad SMARTS) is 1. The van der Waals surface area contributed by atoms with Crippen molar-refractivity contribution in [2.45, 2.75) is 51.5 Å². The van der Waals surface area contributed by atoms with E-state index in [-0.39, 0.29) is 12.3 Å². The molecule has 1 amide bonds. The van der Waals surface area contributed by atoms with E-state index in [0.717, 1.165) is 12.8 Å². The summed E-state index contributed by atoms with van der Waals surface area (Å²) in [7, 11) is 0. The highest BCUT2D eigenvalue weighted by Gasteiger charge is 2.42. The minimum absolute atomic E-state index is 0.0272. The molecule has 1 aliphatic rings. The Morgan fingerprint density at radius 1 is 1.40 bits per heavy atom. The zero-order chi connectivity index (χ0) is 18.0. The summed E-state index contributed by atoms with van der Waals surface area (Å²) in [6.07, 6.45) is 3.97. The molecular formula is C18H22N2O5. The van der Waals surface area contributed by atoms with Crippen LogP contribution in [-0.2, 0) is 16.0 Å². The molecule has 2 aromatic heterocycles. The Hall–Kier alpha value is -2.57. The number of rotatable bonds is 5. The van der Waals surface area contributed by atoms with Gasteiger partial charge in [-0.3, -0.25) is 4.79 Å². The number of aromatic nitrogens is 1. The van der Waals surface area contributed by atoms with Gasteiger partial charge in [0.05, 0.1) is 18.4 Å². The second kappa shape index (κ2) is 6.74. The number of furan rings is 1. The summed E-state index contributed by atoms with van der Waals surface area (Å²) in [5.41, 5.74) is -0.695. The highest BCUT2D eigenvalue weighted by Crippen LogP contribution is 2.32. The van der Waals surface area contributed by atoms with Gasteiger partial charge in [0, 0.05) is 0 Å². The molecule has 0 atom stereocenters. The highest BCUT2D eigenvalue weighted by atomic mass is 16.4. The summed E-state index contributed by atoms with van der Waals surface area (Å²) in [4.78, 5) is 28.5. The van der Waals surface area contributed by atoms with E-state index in [1.165, 1.54) is 6.26 Å². The quantitative estimate of drug-likeness (QED) is 0.862. The van der Waals surface area contributed by atoms with Crippen molar-refractivity contribution in [2.24, 2.45) is 5.92 Å². The molecule has 2 heterocycles. The molecule has 25 heavy (non-hydrogen) atoms. The van der Waals surface area contributed by atoms with Gasteiger partial charge in [-0.2, -0.15) is 0 Å². The van der Waals surface area contributed by atoms with Gasteiger partial charge in [-0.1, -0.05) is 6.92 Å². The molecule has 1 aliphatic carbocycles. The Morgan fingerprint density at radius 3 is 2.72 bits per heavy atom. The Morgan fingerprint density at radius 2 is 2.12 bits per heavy atom. The van der Waals surface area contributed by atoms with Crippen molar-refractivity contribution in [3.05, 3.63) is 29.9 Å². The van der Waals surface area contributed by atoms with Gasteiger partial charge in [-0.15, -0.1) is 0 Å². The van der Waals surface area contributed by atoms with E-state index in [2.05, 4.69) is 17.2 Å². The lowest BCUT2D eigenvalue weighted by Gasteiger charge is -2.36. The lowest BCUT2D eigenvalue weighted by molar-refractivity contribution is -0.149. The summed E-state index contributed by atoms with van der Waals surface area (Å²) in [5, 5.41) is 12.3. The van der Waals surface area contributed by atoms with Crippen molar-refractivity contribution in [3.63, 3.8) is 0 Å². The van der Waals surface area contributed by atoms with Crippen LogP contribution >= 0.6 is 0 Å². The molecule has 134 valence electrons. The molecule has 0 spiro atoms. The molecule has 2 aromatic rings. The molecule has 3 rings (SSSR count). The largest absolute Gasteiger partial charge is 0.480 e. The summed E-state index contributed by atoms with van der Waals surface area (Å²) < 4.78 is 10.8. The number of carbonyl (C=O) groups excluding carboxylic acids is 1. The average Bonchev–Trinajstić information content (AvgIpc) is 3.20. The third kappa shape index (κ3) is 3.60. The third-order valence-electron chi connectivity index (χ3n) is 4.87. The predicted octanol–water partition coefficient (Wildman–Crippen LogP) is 2.94. The SMILES string of the molecule is Cc1oc(-c2ccco2)nc1CC(=O)NC1(C(=O)O)CCC(C)CC1. The molecule has 0 aliphatic heterocycles. The van der Waals surface area contributed by atoms with Gasteiger partial charge in [0.15, 0.2) is 5.76 Å². The van der Waals surface area contributed by atoms with Gasteiger partial charge in [0.25, 0.3) is 5.89 Å². The molecule has 0 bridgehead atoms. The van der Waals surface area contributed by atoms with Crippen LogP contribution in [-0.4, -0.2) is 27.5 Å².